The maximum atomic E-state index is 12.3. The molecule has 0 aliphatic carbocycles. The number of carboxylic acid groups (broad SMARTS) is 1. The number of nitrogens with one attached hydrogen (secondary N) is 1. The van der Waals surface area contributed by atoms with Crippen LogP contribution in [-0.4, -0.2) is 41.8 Å². The van der Waals surface area contributed by atoms with Crippen molar-refractivity contribution in [2.24, 2.45) is 5.92 Å². The van der Waals surface area contributed by atoms with E-state index >= 15 is 0 Å². The van der Waals surface area contributed by atoms with E-state index in [2.05, 4.69) is 4.72 Å². The van der Waals surface area contributed by atoms with Crippen LogP contribution in [0.3, 0.4) is 0 Å². The van der Waals surface area contributed by atoms with Crippen LogP contribution in [0.4, 0.5) is 0 Å². The molecule has 0 radical (unpaired) electrons. The molecular formula is C13H22N2O5S. The van der Waals surface area contributed by atoms with Gasteiger partial charge in [-0.15, -0.1) is 0 Å². The van der Waals surface area contributed by atoms with Crippen molar-refractivity contribution in [3.8, 4) is 0 Å². The molecule has 0 aliphatic heterocycles. The average Bonchev–Trinajstić information content (AvgIpc) is 2.81. The molecule has 7 nitrogen and oxygen atoms in total. The Labute approximate surface area is 124 Å². The average molecular weight is 318 g/mol. The van der Waals surface area contributed by atoms with Gasteiger partial charge in [0.2, 0.25) is 10.0 Å². The molecule has 0 aliphatic rings. The molecule has 1 heterocycles. The molecule has 0 spiro atoms. The van der Waals surface area contributed by atoms with E-state index in [-0.39, 0.29) is 29.2 Å². The van der Waals surface area contributed by atoms with Crippen LogP contribution in [0.2, 0.25) is 0 Å². The van der Waals surface area contributed by atoms with Gasteiger partial charge in [0, 0.05) is 18.3 Å². The maximum absolute atomic E-state index is 12.3. The number of hydrogen-bond acceptors (Lipinski definition) is 4. The van der Waals surface area contributed by atoms with Gasteiger partial charge in [-0.2, -0.15) is 0 Å². The molecule has 120 valence electrons. The molecule has 1 atom stereocenters. The van der Waals surface area contributed by atoms with Gasteiger partial charge in [-0.3, -0.25) is 0 Å². The summed E-state index contributed by atoms with van der Waals surface area (Å²) in [5.41, 5.74) is -0.0875. The van der Waals surface area contributed by atoms with Crippen molar-refractivity contribution >= 4 is 16.0 Å². The Kier molecular flexibility index (Phi) is 5.54. The van der Waals surface area contributed by atoms with Crippen molar-refractivity contribution in [3.63, 3.8) is 0 Å². The zero-order valence-corrected chi connectivity index (χ0v) is 13.4. The summed E-state index contributed by atoms with van der Waals surface area (Å²) in [4.78, 5) is 11.1. The molecule has 1 rings (SSSR count). The number of rotatable bonds is 7. The number of aromatic carboxylic acids is 1. The highest BCUT2D eigenvalue weighted by atomic mass is 32.2. The third kappa shape index (κ3) is 4.05. The van der Waals surface area contributed by atoms with Gasteiger partial charge < -0.3 is 14.8 Å². The first-order chi connectivity index (χ1) is 9.60. The van der Waals surface area contributed by atoms with Gasteiger partial charge >= 0.3 is 5.97 Å². The van der Waals surface area contributed by atoms with E-state index in [9.17, 15) is 18.3 Å². The quantitative estimate of drug-likeness (QED) is 0.696. The minimum Gasteiger partial charge on any atom is -0.477 e. The molecule has 0 saturated heterocycles. The third-order valence-corrected chi connectivity index (χ3v) is 4.67. The van der Waals surface area contributed by atoms with Gasteiger partial charge in [0.05, 0.1) is 6.61 Å². The first-order valence-corrected chi connectivity index (χ1v) is 8.16. The first-order valence-electron chi connectivity index (χ1n) is 6.68. The van der Waals surface area contributed by atoms with Crippen molar-refractivity contribution in [1.82, 2.24) is 9.29 Å². The number of hydrogen-bond donors (Lipinski definition) is 3. The molecule has 0 saturated carbocycles. The number of carboxylic acids is 1. The van der Waals surface area contributed by atoms with Crippen molar-refractivity contribution < 1.29 is 23.4 Å². The molecule has 21 heavy (non-hydrogen) atoms. The Morgan fingerprint density at radius 2 is 1.90 bits per heavy atom. The predicted molar refractivity (Wildman–Crippen MR) is 77.8 cm³/mol. The maximum Gasteiger partial charge on any atom is 0.352 e. The Morgan fingerprint density at radius 3 is 2.24 bits per heavy atom. The molecule has 1 unspecified atom stereocenters. The number of sulfonamides is 1. The lowest BCUT2D eigenvalue weighted by Gasteiger charge is -2.19. The van der Waals surface area contributed by atoms with Gasteiger partial charge in [0.1, 0.15) is 10.6 Å². The number of carbonyl (C=O) groups is 1. The lowest BCUT2D eigenvalue weighted by Crippen LogP contribution is -2.40. The zero-order chi connectivity index (χ0) is 16.4. The number of nitrogens with zero attached hydrogens (tertiary/aromatic N) is 1. The lowest BCUT2D eigenvalue weighted by atomic mass is 10.1. The van der Waals surface area contributed by atoms with Gasteiger partial charge in [-0.05, 0) is 25.8 Å². The Morgan fingerprint density at radius 1 is 1.33 bits per heavy atom. The molecule has 1 aromatic rings. The number of aromatic nitrogens is 1. The first kappa shape index (κ1) is 17.7. The predicted octanol–water partition coefficient (Wildman–Crippen LogP) is 1.06. The summed E-state index contributed by atoms with van der Waals surface area (Å²) in [5.74, 6) is -1.27. The summed E-state index contributed by atoms with van der Waals surface area (Å²) in [6.07, 6.45) is 1.30. The van der Waals surface area contributed by atoms with Crippen LogP contribution in [0, 0.1) is 5.92 Å². The van der Waals surface area contributed by atoms with Gasteiger partial charge in [-0.25, -0.2) is 17.9 Å². The number of aliphatic hydroxyl groups is 1. The third-order valence-electron chi connectivity index (χ3n) is 3.22. The fourth-order valence-corrected chi connectivity index (χ4v) is 3.25. The largest absolute Gasteiger partial charge is 0.477 e. The van der Waals surface area contributed by atoms with Crippen LogP contribution < -0.4 is 4.72 Å². The van der Waals surface area contributed by atoms with Crippen LogP contribution in [0.1, 0.15) is 44.2 Å². The summed E-state index contributed by atoms with van der Waals surface area (Å²) in [6.45, 7) is 6.77. The summed E-state index contributed by atoms with van der Waals surface area (Å²) in [6, 6.07) is 0.323. The monoisotopic (exact) mass is 318 g/mol. The minimum atomic E-state index is -3.88. The van der Waals surface area contributed by atoms with Crippen molar-refractivity contribution in [2.75, 3.05) is 6.61 Å². The summed E-state index contributed by atoms with van der Waals surface area (Å²) in [5, 5.41) is 18.4. The molecule has 0 fully saturated rings. The van der Waals surface area contributed by atoms with E-state index in [1.807, 2.05) is 0 Å². The summed E-state index contributed by atoms with van der Waals surface area (Å²) < 4.78 is 28.4. The molecule has 0 amide bonds. The van der Waals surface area contributed by atoms with E-state index < -0.39 is 22.0 Å². The standard InChI is InChI=1S/C13H22N2O5S/c1-8(2)11(7-16)14-21(19,20)10-5-12(13(17)18)15(6-10)9(3)4/h5-6,8-9,11,14,16H,7H2,1-4H3,(H,17,18). The second-order valence-corrected chi connectivity index (χ2v) is 7.24. The van der Waals surface area contributed by atoms with Crippen LogP contribution in [0.15, 0.2) is 17.2 Å². The Hall–Kier alpha value is -1.38. The number of aliphatic hydroxyl groups excluding tert-OH is 1. The molecule has 3 N–H and O–H groups in total. The summed E-state index contributed by atoms with van der Waals surface area (Å²) >= 11 is 0. The topological polar surface area (TPSA) is 109 Å². The fraction of sp³-hybridized carbons (Fsp3) is 0.615. The van der Waals surface area contributed by atoms with Gasteiger partial charge in [0.15, 0.2) is 0 Å². The molecule has 0 bridgehead atoms. The van der Waals surface area contributed by atoms with Crippen molar-refractivity contribution in [1.29, 1.82) is 0 Å². The molecule has 1 aromatic heterocycles. The second-order valence-electron chi connectivity index (χ2n) is 5.52. The van der Waals surface area contributed by atoms with E-state index in [0.717, 1.165) is 6.07 Å². The second kappa shape index (κ2) is 6.59. The lowest BCUT2D eigenvalue weighted by molar-refractivity contribution is 0.0683. The Bertz CT molecular complexity index is 604. The van der Waals surface area contributed by atoms with Gasteiger partial charge in [-0.1, -0.05) is 13.8 Å². The van der Waals surface area contributed by atoms with Crippen molar-refractivity contribution in [3.05, 3.63) is 18.0 Å². The highest BCUT2D eigenvalue weighted by Crippen LogP contribution is 2.20. The summed E-state index contributed by atoms with van der Waals surface area (Å²) in [7, 11) is -3.88. The van der Waals surface area contributed by atoms with E-state index in [0.29, 0.717) is 0 Å². The SMILES string of the molecule is CC(C)C(CO)NS(=O)(=O)c1cc(C(=O)O)n(C(C)C)c1. The van der Waals surface area contributed by atoms with E-state index in [4.69, 9.17) is 5.11 Å². The normalized spacial score (nSPS) is 13.9. The molecule has 8 heteroatoms. The fourth-order valence-electron chi connectivity index (χ4n) is 1.85. The van der Waals surface area contributed by atoms with Crippen LogP contribution in [0.25, 0.3) is 0 Å². The minimum absolute atomic E-state index is 0.0871. The van der Waals surface area contributed by atoms with Crippen LogP contribution in [-0.2, 0) is 10.0 Å². The smallest absolute Gasteiger partial charge is 0.352 e. The molecular weight excluding hydrogens is 296 g/mol. The highest BCUT2D eigenvalue weighted by Gasteiger charge is 2.26. The van der Waals surface area contributed by atoms with E-state index in [1.165, 1.54) is 10.8 Å². The highest BCUT2D eigenvalue weighted by molar-refractivity contribution is 7.89. The Balaban J connectivity index is 3.20. The van der Waals surface area contributed by atoms with Crippen molar-refractivity contribution in [2.45, 2.75) is 44.7 Å². The van der Waals surface area contributed by atoms with Crippen LogP contribution >= 0.6 is 0 Å². The van der Waals surface area contributed by atoms with E-state index in [1.54, 1.807) is 27.7 Å². The molecule has 0 aromatic carbocycles. The van der Waals surface area contributed by atoms with Crippen LogP contribution in [0.5, 0.6) is 0 Å². The van der Waals surface area contributed by atoms with Gasteiger partial charge in [0.25, 0.3) is 0 Å². The zero-order valence-electron chi connectivity index (χ0n) is 12.6.